The number of hydrogen-bond donors (Lipinski definition) is 0. The van der Waals surface area contributed by atoms with Crippen LogP contribution in [-0.4, -0.2) is 23.9 Å². The molecule has 1 saturated heterocycles. The summed E-state index contributed by atoms with van der Waals surface area (Å²) < 4.78 is 18.7. The Bertz CT molecular complexity index is 953. The lowest BCUT2D eigenvalue weighted by Crippen LogP contribution is -2.42. The summed E-state index contributed by atoms with van der Waals surface area (Å²) in [6, 6.07) is 15.9. The first-order valence-electron chi connectivity index (χ1n) is 9.71. The maximum absolute atomic E-state index is 13.1. The number of carbonyl (C=O) groups excluding carboxylic acids is 1. The van der Waals surface area contributed by atoms with Crippen LogP contribution in [0.15, 0.2) is 48.5 Å². The summed E-state index contributed by atoms with van der Waals surface area (Å²) in [5, 5.41) is 0. The van der Waals surface area contributed by atoms with E-state index in [1.165, 1.54) is 0 Å². The van der Waals surface area contributed by atoms with Crippen molar-refractivity contribution in [1.29, 1.82) is 0 Å². The molecule has 0 unspecified atom stereocenters. The van der Waals surface area contributed by atoms with Crippen LogP contribution in [0.4, 0.5) is 0 Å². The molecule has 4 nitrogen and oxygen atoms in total. The zero-order valence-electron chi connectivity index (χ0n) is 17.3. The van der Waals surface area contributed by atoms with Gasteiger partial charge in [0.2, 0.25) is 0 Å². The number of benzene rings is 2. The third kappa shape index (κ3) is 2.81. The summed E-state index contributed by atoms with van der Waals surface area (Å²) in [5.74, 6) is -0.409. The molecular weight excluding hydrogens is 351 g/mol. The van der Waals surface area contributed by atoms with Gasteiger partial charge in [-0.3, -0.25) is 4.79 Å². The second-order valence-electron chi connectivity index (χ2n) is 8.82. The minimum Gasteiger partial charge on any atom is -0.636 e. The zero-order valence-corrected chi connectivity index (χ0v) is 17.3. The molecule has 2 aliphatic heterocycles. The molecule has 2 heterocycles. The predicted octanol–water partition coefficient (Wildman–Crippen LogP) is 4.85. The van der Waals surface area contributed by atoms with Gasteiger partial charge in [0.25, 0.3) is 5.97 Å². The van der Waals surface area contributed by atoms with Crippen molar-refractivity contribution in [1.82, 2.24) is 0 Å². The Morgan fingerprint density at radius 3 is 1.61 bits per heavy atom. The normalized spacial score (nSPS) is 22.0. The minimum absolute atomic E-state index is 0.409. The van der Waals surface area contributed by atoms with Crippen LogP contribution >= 0.6 is 0 Å². The van der Waals surface area contributed by atoms with Crippen molar-refractivity contribution in [3.05, 3.63) is 70.8 Å². The van der Waals surface area contributed by atoms with Crippen molar-refractivity contribution in [3.63, 3.8) is 0 Å². The molecule has 0 atom stereocenters. The van der Waals surface area contributed by atoms with E-state index in [9.17, 15) is 4.79 Å². The van der Waals surface area contributed by atoms with Crippen LogP contribution in [0.1, 0.15) is 49.9 Å². The van der Waals surface area contributed by atoms with Gasteiger partial charge in [0.05, 0.1) is 0 Å². The monoisotopic (exact) mass is 377 g/mol. The molecule has 5 heteroatoms. The second-order valence-corrected chi connectivity index (χ2v) is 8.82. The summed E-state index contributed by atoms with van der Waals surface area (Å²) in [4.78, 5) is 13.1. The van der Waals surface area contributed by atoms with E-state index in [1.807, 2.05) is 90.1 Å². The highest BCUT2D eigenvalue weighted by atomic mass is 16.8. The maximum atomic E-state index is 13.1. The average molecular weight is 377 g/mol. The van der Waals surface area contributed by atoms with Crippen molar-refractivity contribution in [2.75, 3.05) is 0 Å². The molecule has 0 radical (unpaired) electrons. The zero-order chi connectivity index (χ0) is 20.3. The quantitative estimate of drug-likeness (QED) is 0.702. The van der Waals surface area contributed by atoms with E-state index in [1.54, 1.807) is 0 Å². The summed E-state index contributed by atoms with van der Waals surface area (Å²) >= 11 is 0. The molecule has 1 spiro atoms. The van der Waals surface area contributed by atoms with Crippen LogP contribution in [0.25, 0.3) is 11.0 Å². The van der Waals surface area contributed by atoms with Crippen molar-refractivity contribution < 1.29 is 18.8 Å². The fourth-order valence-corrected chi connectivity index (χ4v) is 3.87. The number of rotatable bonds is 2. The smallest absolute Gasteiger partial charge is 0.470 e. The lowest BCUT2D eigenvalue weighted by Gasteiger charge is -2.36. The van der Waals surface area contributed by atoms with Gasteiger partial charge in [0, 0.05) is 16.8 Å². The van der Waals surface area contributed by atoms with Gasteiger partial charge in [0.15, 0.2) is 0 Å². The van der Waals surface area contributed by atoms with E-state index in [0.29, 0.717) is 11.0 Å². The Hall–Kier alpha value is -2.37. The van der Waals surface area contributed by atoms with Gasteiger partial charge in [-0.2, -0.15) is 0 Å². The van der Waals surface area contributed by atoms with E-state index in [-0.39, 0.29) is 0 Å². The van der Waals surface area contributed by atoms with Crippen LogP contribution in [0, 0.1) is 13.8 Å². The van der Waals surface area contributed by atoms with E-state index < -0.39 is 23.9 Å². The Balaban J connectivity index is 1.97. The molecule has 0 saturated carbocycles. The number of aryl methyl sites for hydroxylation is 2. The van der Waals surface area contributed by atoms with E-state index in [0.717, 1.165) is 22.3 Å². The minimum atomic E-state index is -2.39. The largest absolute Gasteiger partial charge is 0.636 e. The number of hydrogen-bond acceptors (Lipinski definition) is 4. The van der Waals surface area contributed by atoms with Crippen LogP contribution in [-0.2, 0) is 18.8 Å². The lowest BCUT2D eigenvalue weighted by atomic mass is 9.64. The van der Waals surface area contributed by atoms with Crippen LogP contribution < -0.4 is 0 Å². The molecule has 0 bridgehead atoms. The summed E-state index contributed by atoms with van der Waals surface area (Å²) in [7, 11) is 0. The summed E-state index contributed by atoms with van der Waals surface area (Å²) in [5.41, 5.74) is 3.91. The van der Waals surface area contributed by atoms with Crippen LogP contribution in [0.5, 0.6) is 0 Å². The summed E-state index contributed by atoms with van der Waals surface area (Å²) in [6.45, 7) is 9.52. The molecule has 1 fully saturated rings. The van der Waals surface area contributed by atoms with Crippen molar-refractivity contribution in [2.24, 2.45) is 0 Å². The molecule has 2 aliphatic rings. The standard InChI is InChI=1S/C23H26BO4/c1-15-7-11-17(12-8-15)19-20(18-13-9-16(2)10-14-18)24(26-21(19)25)27-22(3,4)23(5,6)28-24/h7-14H,1-6H3/q-1. The van der Waals surface area contributed by atoms with Crippen molar-refractivity contribution in [2.45, 2.75) is 52.7 Å². The van der Waals surface area contributed by atoms with E-state index in [4.69, 9.17) is 14.0 Å². The van der Waals surface area contributed by atoms with Gasteiger partial charge in [0.1, 0.15) is 0 Å². The van der Waals surface area contributed by atoms with Gasteiger partial charge in [-0.1, -0.05) is 70.7 Å². The van der Waals surface area contributed by atoms with Crippen LogP contribution in [0.2, 0.25) is 0 Å². The fraction of sp³-hybridized carbons (Fsp3) is 0.348. The highest BCUT2D eigenvalue weighted by Gasteiger charge is 2.60. The number of carbonyl (C=O) groups is 1. The molecule has 4 rings (SSSR count). The molecule has 0 aliphatic carbocycles. The first-order chi connectivity index (χ1) is 13.0. The maximum Gasteiger partial charge on any atom is 0.470 e. The first kappa shape index (κ1) is 19.0. The third-order valence-electron chi connectivity index (χ3n) is 6.14. The Morgan fingerprint density at radius 2 is 1.14 bits per heavy atom. The predicted molar refractivity (Wildman–Crippen MR) is 111 cm³/mol. The Labute approximate surface area is 166 Å². The van der Waals surface area contributed by atoms with Crippen LogP contribution in [0.3, 0.4) is 0 Å². The van der Waals surface area contributed by atoms with Gasteiger partial charge in [-0.15, -0.1) is 0 Å². The van der Waals surface area contributed by atoms with Gasteiger partial charge >= 0.3 is 6.75 Å². The molecule has 2 aromatic carbocycles. The van der Waals surface area contributed by atoms with E-state index in [2.05, 4.69) is 0 Å². The third-order valence-corrected chi connectivity index (χ3v) is 6.14. The molecular formula is C23H26BO4-. The van der Waals surface area contributed by atoms with Gasteiger partial charge < -0.3 is 14.0 Å². The highest BCUT2D eigenvalue weighted by Crippen LogP contribution is 2.52. The SMILES string of the molecule is Cc1ccc(C2=C(c3ccc(C)cc3)[B-]3(OC2=O)OC(C)(C)C(C)(C)O3)cc1. The Morgan fingerprint density at radius 1 is 0.714 bits per heavy atom. The van der Waals surface area contributed by atoms with Gasteiger partial charge in [-0.05, 0) is 47.1 Å². The van der Waals surface area contributed by atoms with Gasteiger partial charge in [-0.25, -0.2) is 0 Å². The summed E-state index contributed by atoms with van der Waals surface area (Å²) in [6.07, 6.45) is 0. The topological polar surface area (TPSA) is 44.8 Å². The molecule has 0 amide bonds. The highest BCUT2D eigenvalue weighted by molar-refractivity contribution is 6.89. The molecule has 0 aromatic heterocycles. The molecule has 0 N–H and O–H groups in total. The van der Waals surface area contributed by atoms with Crippen molar-refractivity contribution >= 4 is 23.8 Å². The molecule has 146 valence electrons. The fourth-order valence-electron chi connectivity index (χ4n) is 3.87. The average Bonchev–Trinajstić information content (AvgIpc) is 2.96. The molecule has 28 heavy (non-hydrogen) atoms. The lowest BCUT2D eigenvalue weighted by molar-refractivity contribution is -0.130. The van der Waals surface area contributed by atoms with Crippen molar-refractivity contribution in [3.8, 4) is 0 Å². The molecule has 2 aromatic rings. The first-order valence-corrected chi connectivity index (χ1v) is 9.71. The Kier molecular flexibility index (Phi) is 4.11. The van der Waals surface area contributed by atoms with E-state index >= 15 is 0 Å². The second kappa shape index (κ2) is 6.06.